The Hall–Kier alpha value is -1.80. The Morgan fingerprint density at radius 2 is 1.85 bits per heavy atom. The lowest BCUT2D eigenvalue weighted by molar-refractivity contribution is 0.0538. The van der Waals surface area contributed by atoms with E-state index in [-0.39, 0.29) is 16.3 Å². The number of amides is 1. The fraction of sp³-hybridized carbons (Fsp3) is 0.400. The first kappa shape index (κ1) is 16.3. The van der Waals surface area contributed by atoms with Crippen molar-refractivity contribution >= 4 is 41.1 Å². The van der Waals surface area contributed by atoms with Crippen LogP contribution in [0.4, 0.5) is 10.6 Å². The molecule has 0 radical (unpaired) electrons. The number of nitrogens with zero attached hydrogens (tertiary/aromatic N) is 2. The monoisotopic (exact) mass is 322 g/mol. The van der Waals surface area contributed by atoms with Crippen molar-refractivity contribution < 1.29 is 19.4 Å². The van der Waals surface area contributed by atoms with Gasteiger partial charge in [-0.3, -0.25) is 5.43 Å². The number of rotatable bonds is 3. The molecule has 0 bridgehead atoms. The van der Waals surface area contributed by atoms with E-state index in [1.807, 2.05) is 0 Å². The van der Waals surface area contributed by atoms with E-state index in [0.29, 0.717) is 0 Å². The Balaban J connectivity index is 2.88. The average Bonchev–Trinajstić information content (AvgIpc) is 2.22. The maximum absolute atomic E-state index is 11.4. The van der Waals surface area contributed by atoms with E-state index in [0.717, 1.165) is 0 Å². The van der Waals surface area contributed by atoms with Crippen LogP contribution in [-0.2, 0) is 4.74 Å². The first-order chi connectivity index (χ1) is 9.10. The minimum absolute atomic E-state index is 0.256. The Morgan fingerprint density at radius 1 is 1.25 bits per heavy atom. The molecule has 0 aliphatic carbocycles. The molecule has 3 N–H and O–H groups in total. The van der Waals surface area contributed by atoms with Crippen LogP contribution in [-0.4, -0.2) is 32.7 Å². The summed E-state index contributed by atoms with van der Waals surface area (Å²) in [4.78, 5) is 29.6. The first-order valence-electron chi connectivity index (χ1n) is 5.31. The fourth-order valence-electron chi connectivity index (χ4n) is 1.10. The third kappa shape index (κ3) is 4.71. The summed E-state index contributed by atoms with van der Waals surface area (Å²) in [6.07, 6.45) is -0.820. The van der Waals surface area contributed by atoms with E-state index in [9.17, 15) is 9.59 Å². The number of hydrogen-bond donors (Lipinski definition) is 3. The number of nitrogens with one attached hydrogen (secondary N) is 2. The van der Waals surface area contributed by atoms with Gasteiger partial charge in [0.05, 0.1) is 0 Å². The Labute approximate surface area is 124 Å². The zero-order valence-electron chi connectivity index (χ0n) is 10.8. The van der Waals surface area contributed by atoms with Crippen LogP contribution in [0.5, 0.6) is 0 Å². The Kier molecular flexibility index (Phi) is 4.96. The molecule has 8 nitrogen and oxygen atoms in total. The number of aromatic nitrogens is 2. The van der Waals surface area contributed by atoms with Crippen molar-refractivity contribution in [3.8, 4) is 0 Å². The lowest BCUT2D eigenvalue weighted by Gasteiger charge is -2.20. The van der Waals surface area contributed by atoms with Gasteiger partial charge in [0.2, 0.25) is 5.28 Å². The molecule has 0 aromatic carbocycles. The van der Waals surface area contributed by atoms with Crippen molar-refractivity contribution in [1.29, 1.82) is 0 Å². The van der Waals surface area contributed by atoms with E-state index in [1.165, 1.54) is 0 Å². The quantitative estimate of drug-likeness (QED) is 0.444. The third-order valence-electron chi connectivity index (χ3n) is 1.73. The number of anilines is 1. The second-order valence-electron chi connectivity index (χ2n) is 4.56. The zero-order chi connectivity index (χ0) is 15.5. The maximum Gasteiger partial charge on any atom is 0.426 e. The largest absolute Gasteiger partial charge is 0.477 e. The molecule has 0 fully saturated rings. The molecule has 0 saturated heterocycles. The van der Waals surface area contributed by atoms with E-state index in [1.54, 1.807) is 20.8 Å². The molecule has 1 heterocycles. The average molecular weight is 323 g/mol. The smallest absolute Gasteiger partial charge is 0.426 e. The lowest BCUT2D eigenvalue weighted by atomic mass is 10.2. The molecule has 1 aromatic rings. The number of carboxylic acids is 1. The molecular formula is C10H12Cl2N4O4. The number of carbonyl (C=O) groups excluding carboxylic acids is 1. The topological polar surface area (TPSA) is 113 Å². The minimum atomic E-state index is -1.37. The van der Waals surface area contributed by atoms with Crippen molar-refractivity contribution in [2.45, 2.75) is 26.4 Å². The summed E-state index contributed by atoms with van der Waals surface area (Å²) in [7, 11) is 0. The second kappa shape index (κ2) is 6.10. The zero-order valence-corrected chi connectivity index (χ0v) is 12.3. The first-order valence-corrected chi connectivity index (χ1v) is 6.07. The Bertz CT molecular complexity index is 545. The van der Waals surface area contributed by atoms with Crippen LogP contribution in [0.25, 0.3) is 0 Å². The number of carbonyl (C=O) groups is 2. The second-order valence-corrected chi connectivity index (χ2v) is 5.26. The summed E-state index contributed by atoms with van der Waals surface area (Å²) in [5.74, 6) is -1.63. The molecule has 110 valence electrons. The highest BCUT2D eigenvalue weighted by Crippen LogP contribution is 2.22. The molecule has 1 aromatic heterocycles. The van der Waals surface area contributed by atoms with Crippen LogP contribution in [0, 0.1) is 0 Å². The maximum atomic E-state index is 11.4. The summed E-state index contributed by atoms with van der Waals surface area (Å²) in [6.45, 7) is 5.02. The molecule has 1 amide bonds. The van der Waals surface area contributed by atoms with Crippen molar-refractivity contribution in [3.63, 3.8) is 0 Å². The van der Waals surface area contributed by atoms with Gasteiger partial charge in [0.15, 0.2) is 11.0 Å². The highest BCUT2D eigenvalue weighted by Gasteiger charge is 2.21. The van der Waals surface area contributed by atoms with Gasteiger partial charge in [-0.2, -0.15) is 4.98 Å². The molecule has 10 heteroatoms. The van der Waals surface area contributed by atoms with Crippen molar-refractivity contribution in [1.82, 2.24) is 15.4 Å². The number of ether oxygens (including phenoxy) is 1. The van der Waals surface area contributed by atoms with Gasteiger partial charge in [-0.1, -0.05) is 11.6 Å². The standard InChI is InChI=1S/C10H12Cl2N4O4/c1-10(2,3)20-9(19)16-15-6-4(7(17)18)5(11)13-8(12)14-6/h1-3H3,(H,16,19)(H,17,18)(H,13,14,15). The summed E-state index contributed by atoms with van der Waals surface area (Å²) in [6, 6.07) is 0. The predicted molar refractivity (Wildman–Crippen MR) is 72.0 cm³/mol. The normalized spacial score (nSPS) is 10.8. The van der Waals surface area contributed by atoms with Gasteiger partial charge in [-0.05, 0) is 32.4 Å². The molecule has 0 unspecified atom stereocenters. The van der Waals surface area contributed by atoms with Crippen LogP contribution >= 0.6 is 23.2 Å². The summed E-state index contributed by atoms with van der Waals surface area (Å²) < 4.78 is 4.95. The number of hydrogen-bond acceptors (Lipinski definition) is 6. The number of halogens is 2. The summed E-state index contributed by atoms with van der Waals surface area (Å²) >= 11 is 11.2. The van der Waals surface area contributed by atoms with Crippen LogP contribution in [0.15, 0.2) is 0 Å². The molecule has 0 atom stereocenters. The minimum Gasteiger partial charge on any atom is -0.477 e. The third-order valence-corrected chi connectivity index (χ3v) is 2.18. The van der Waals surface area contributed by atoms with Crippen LogP contribution in [0.3, 0.4) is 0 Å². The molecular weight excluding hydrogens is 311 g/mol. The molecule has 1 rings (SSSR count). The van der Waals surface area contributed by atoms with Gasteiger partial charge in [-0.25, -0.2) is 20.0 Å². The molecule has 0 saturated carbocycles. The van der Waals surface area contributed by atoms with Crippen molar-refractivity contribution in [2.24, 2.45) is 0 Å². The van der Waals surface area contributed by atoms with Crippen LogP contribution in [0.2, 0.25) is 10.4 Å². The number of aromatic carboxylic acids is 1. The predicted octanol–water partition coefficient (Wildman–Crippen LogP) is 2.33. The molecule has 0 aliphatic rings. The van der Waals surface area contributed by atoms with Gasteiger partial charge >= 0.3 is 12.1 Å². The van der Waals surface area contributed by atoms with E-state index in [4.69, 9.17) is 33.0 Å². The number of hydrazine groups is 1. The molecule has 20 heavy (non-hydrogen) atoms. The molecule has 0 spiro atoms. The van der Waals surface area contributed by atoms with Gasteiger partial charge in [0.1, 0.15) is 11.2 Å². The molecule has 0 aliphatic heterocycles. The van der Waals surface area contributed by atoms with Crippen molar-refractivity contribution in [2.75, 3.05) is 5.43 Å². The van der Waals surface area contributed by atoms with Gasteiger partial charge in [0.25, 0.3) is 0 Å². The highest BCUT2D eigenvalue weighted by molar-refractivity contribution is 6.34. The summed E-state index contributed by atoms with van der Waals surface area (Å²) in [5.41, 5.74) is 3.27. The van der Waals surface area contributed by atoms with E-state index < -0.39 is 23.2 Å². The van der Waals surface area contributed by atoms with Gasteiger partial charge < -0.3 is 9.84 Å². The van der Waals surface area contributed by atoms with E-state index >= 15 is 0 Å². The van der Waals surface area contributed by atoms with Gasteiger partial charge in [-0.15, -0.1) is 0 Å². The van der Waals surface area contributed by atoms with E-state index in [2.05, 4.69) is 20.8 Å². The SMILES string of the molecule is CC(C)(C)OC(=O)NNc1nc(Cl)nc(Cl)c1C(=O)O. The highest BCUT2D eigenvalue weighted by atomic mass is 35.5. The van der Waals surface area contributed by atoms with Crippen LogP contribution in [0.1, 0.15) is 31.1 Å². The lowest BCUT2D eigenvalue weighted by Crippen LogP contribution is -2.36. The Morgan fingerprint density at radius 3 is 2.35 bits per heavy atom. The number of carboxylic acid groups (broad SMARTS) is 1. The fourth-order valence-corrected chi connectivity index (χ4v) is 1.56. The van der Waals surface area contributed by atoms with Crippen molar-refractivity contribution in [3.05, 3.63) is 16.0 Å². The summed E-state index contributed by atoms with van der Waals surface area (Å²) in [5, 5.41) is 8.37. The van der Waals surface area contributed by atoms with Crippen LogP contribution < -0.4 is 10.9 Å². The van der Waals surface area contributed by atoms with Gasteiger partial charge in [0, 0.05) is 0 Å².